The SMILES string of the molecule is COC(=O)CC[C@H](NC(=O)[C@H](OC)c1ccccc1)C(=O)O. The van der Waals surface area contributed by atoms with Gasteiger partial charge < -0.3 is 19.9 Å². The maximum absolute atomic E-state index is 12.2. The average Bonchev–Trinajstić information content (AvgIpc) is 2.52. The van der Waals surface area contributed by atoms with Crippen molar-refractivity contribution >= 4 is 17.8 Å². The molecule has 0 aromatic heterocycles. The molecule has 2 atom stereocenters. The Balaban J connectivity index is 2.73. The number of aliphatic carboxylic acids is 1. The minimum absolute atomic E-state index is 0.0566. The third-order valence-electron chi connectivity index (χ3n) is 3.06. The second-order valence-electron chi connectivity index (χ2n) is 4.54. The van der Waals surface area contributed by atoms with Crippen molar-refractivity contribution in [1.29, 1.82) is 0 Å². The topological polar surface area (TPSA) is 102 Å². The molecule has 0 saturated heterocycles. The third kappa shape index (κ3) is 5.17. The lowest BCUT2D eigenvalue weighted by Crippen LogP contribution is -2.43. The summed E-state index contributed by atoms with van der Waals surface area (Å²) in [5.41, 5.74) is 0.611. The fraction of sp³-hybridized carbons (Fsp3) is 0.400. The molecule has 1 aromatic carbocycles. The first kappa shape index (κ1) is 17.6. The predicted octanol–water partition coefficient (Wildman–Crippen LogP) is 0.897. The Morgan fingerprint density at radius 3 is 2.32 bits per heavy atom. The highest BCUT2D eigenvalue weighted by molar-refractivity contribution is 5.87. The van der Waals surface area contributed by atoms with Gasteiger partial charge in [-0.15, -0.1) is 0 Å². The summed E-state index contributed by atoms with van der Waals surface area (Å²) in [6, 6.07) is 7.52. The maximum atomic E-state index is 12.2. The number of carboxylic acids is 1. The highest BCUT2D eigenvalue weighted by Gasteiger charge is 2.26. The molecule has 1 rings (SSSR count). The molecule has 0 spiro atoms. The summed E-state index contributed by atoms with van der Waals surface area (Å²) in [5.74, 6) is -2.34. The van der Waals surface area contributed by atoms with Gasteiger partial charge in [-0.25, -0.2) is 4.79 Å². The number of carbonyl (C=O) groups excluding carboxylic acids is 2. The Morgan fingerprint density at radius 2 is 1.82 bits per heavy atom. The van der Waals surface area contributed by atoms with Crippen molar-refractivity contribution in [2.45, 2.75) is 25.0 Å². The predicted molar refractivity (Wildman–Crippen MR) is 77.0 cm³/mol. The first-order valence-electron chi connectivity index (χ1n) is 6.67. The van der Waals surface area contributed by atoms with Gasteiger partial charge >= 0.3 is 11.9 Å². The molecule has 1 aromatic rings. The highest BCUT2D eigenvalue weighted by Crippen LogP contribution is 2.16. The molecular formula is C15H19NO6. The summed E-state index contributed by atoms with van der Waals surface area (Å²) in [6.45, 7) is 0. The first-order chi connectivity index (χ1) is 10.5. The number of methoxy groups -OCH3 is 2. The number of hydrogen-bond donors (Lipinski definition) is 2. The van der Waals surface area contributed by atoms with Crippen LogP contribution in [-0.4, -0.2) is 43.2 Å². The van der Waals surface area contributed by atoms with E-state index in [1.807, 2.05) is 0 Å². The maximum Gasteiger partial charge on any atom is 0.326 e. The molecule has 0 heterocycles. The van der Waals surface area contributed by atoms with E-state index < -0.39 is 30.0 Å². The Morgan fingerprint density at radius 1 is 1.18 bits per heavy atom. The van der Waals surface area contributed by atoms with Gasteiger partial charge in [0.15, 0.2) is 6.10 Å². The van der Waals surface area contributed by atoms with Gasteiger partial charge in [0.25, 0.3) is 5.91 Å². The van der Waals surface area contributed by atoms with E-state index in [0.29, 0.717) is 5.56 Å². The summed E-state index contributed by atoms with van der Waals surface area (Å²) in [4.78, 5) is 34.4. The smallest absolute Gasteiger partial charge is 0.326 e. The van der Waals surface area contributed by atoms with Crippen molar-refractivity contribution in [3.8, 4) is 0 Å². The van der Waals surface area contributed by atoms with Gasteiger partial charge in [-0.3, -0.25) is 9.59 Å². The van der Waals surface area contributed by atoms with Crippen molar-refractivity contribution in [2.24, 2.45) is 0 Å². The molecule has 0 saturated carbocycles. The Kier molecular flexibility index (Phi) is 7.04. The van der Waals surface area contributed by atoms with Crippen LogP contribution in [0.1, 0.15) is 24.5 Å². The second-order valence-corrected chi connectivity index (χ2v) is 4.54. The lowest BCUT2D eigenvalue weighted by molar-refractivity contribution is -0.145. The number of rotatable bonds is 8. The van der Waals surface area contributed by atoms with Crippen LogP contribution in [0.3, 0.4) is 0 Å². The zero-order valence-electron chi connectivity index (χ0n) is 12.4. The summed E-state index contributed by atoms with van der Waals surface area (Å²) >= 11 is 0. The number of ether oxygens (including phenoxy) is 2. The van der Waals surface area contributed by atoms with Crippen LogP contribution >= 0.6 is 0 Å². The fourth-order valence-corrected chi connectivity index (χ4v) is 1.89. The van der Waals surface area contributed by atoms with Gasteiger partial charge in [-0.2, -0.15) is 0 Å². The molecule has 0 unspecified atom stereocenters. The van der Waals surface area contributed by atoms with Crippen LogP contribution in [0.5, 0.6) is 0 Å². The average molecular weight is 309 g/mol. The van der Waals surface area contributed by atoms with E-state index in [-0.39, 0.29) is 12.8 Å². The molecule has 7 heteroatoms. The van der Waals surface area contributed by atoms with Crippen LogP contribution in [0.15, 0.2) is 30.3 Å². The minimum Gasteiger partial charge on any atom is -0.480 e. The molecule has 0 bridgehead atoms. The highest BCUT2D eigenvalue weighted by atomic mass is 16.5. The summed E-state index contributed by atoms with van der Waals surface area (Å²) in [7, 11) is 2.58. The van der Waals surface area contributed by atoms with Gasteiger partial charge in [-0.1, -0.05) is 30.3 Å². The molecule has 2 N–H and O–H groups in total. The normalized spacial score (nSPS) is 13.0. The Labute approximate surface area is 128 Å². The Hall–Kier alpha value is -2.41. The van der Waals surface area contributed by atoms with Crippen molar-refractivity contribution < 1.29 is 29.0 Å². The van der Waals surface area contributed by atoms with E-state index in [0.717, 1.165) is 0 Å². The van der Waals surface area contributed by atoms with Crippen molar-refractivity contribution in [3.63, 3.8) is 0 Å². The van der Waals surface area contributed by atoms with E-state index in [1.165, 1.54) is 14.2 Å². The van der Waals surface area contributed by atoms with E-state index in [4.69, 9.17) is 9.84 Å². The number of benzene rings is 1. The molecule has 0 fully saturated rings. The molecular weight excluding hydrogens is 290 g/mol. The zero-order valence-corrected chi connectivity index (χ0v) is 12.4. The number of nitrogens with one attached hydrogen (secondary N) is 1. The summed E-state index contributed by atoms with van der Waals surface area (Å²) in [5, 5.41) is 11.5. The number of carboxylic acid groups (broad SMARTS) is 1. The number of carbonyl (C=O) groups is 3. The summed E-state index contributed by atoms with van der Waals surface area (Å²) < 4.78 is 9.58. The van der Waals surface area contributed by atoms with Crippen LogP contribution in [0.25, 0.3) is 0 Å². The molecule has 120 valence electrons. The van der Waals surface area contributed by atoms with Crippen LogP contribution in [0.4, 0.5) is 0 Å². The van der Waals surface area contributed by atoms with Gasteiger partial charge in [0.1, 0.15) is 6.04 Å². The van der Waals surface area contributed by atoms with Gasteiger partial charge in [0.05, 0.1) is 7.11 Å². The quantitative estimate of drug-likeness (QED) is 0.692. The van der Waals surface area contributed by atoms with Crippen molar-refractivity contribution in [2.75, 3.05) is 14.2 Å². The van der Waals surface area contributed by atoms with Crippen LogP contribution in [-0.2, 0) is 23.9 Å². The number of amides is 1. The largest absolute Gasteiger partial charge is 0.480 e. The van der Waals surface area contributed by atoms with Gasteiger partial charge in [0.2, 0.25) is 0 Å². The minimum atomic E-state index is -1.22. The van der Waals surface area contributed by atoms with Gasteiger partial charge in [-0.05, 0) is 12.0 Å². The second kappa shape index (κ2) is 8.78. The molecule has 0 radical (unpaired) electrons. The molecule has 1 amide bonds. The standard InChI is InChI=1S/C15H19NO6/c1-21-12(17)9-8-11(15(19)20)16-14(18)13(22-2)10-6-4-3-5-7-10/h3-7,11,13H,8-9H2,1-2H3,(H,16,18)(H,19,20)/t11-,13+/m0/s1. The van der Waals surface area contributed by atoms with Gasteiger partial charge in [0, 0.05) is 13.5 Å². The molecule has 0 aliphatic heterocycles. The van der Waals surface area contributed by atoms with E-state index in [9.17, 15) is 14.4 Å². The lowest BCUT2D eigenvalue weighted by Gasteiger charge is -2.19. The van der Waals surface area contributed by atoms with E-state index in [2.05, 4.69) is 10.1 Å². The number of hydrogen-bond acceptors (Lipinski definition) is 5. The first-order valence-corrected chi connectivity index (χ1v) is 6.67. The molecule has 0 aliphatic rings. The lowest BCUT2D eigenvalue weighted by atomic mass is 10.1. The summed E-state index contributed by atoms with van der Waals surface area (Å²) in [6.07, 6.45) is -1.07. The van der Waals surface area contributed by atoms with Crippen LogP contribution < -0.4 is 5.32 Å². The van der Waals surface area contributed by atoms with Crippen LogP contribution in [0.2, 0.25) is 0 Å². The van der Waals surface area contributed by atoms with E-state index in [1.54, 1.807) is 30.3 Å². The van der Waals surface area contributed by atoms with Crippen molar-refractivity contribution in [1.82, 2.24) is 5.32 Å². The monoisotopic (exact) mass is 309 g/mol. The molecule has 0 aliphatic carbocycles. The zero-order chi connectivity index (χ0) is 16.5. The molecule has 7 nitrogen and oxygen atoms in total. The fourth-order valence-electron chi connectivity index (χ4n) is 1.89. The number of esters is 1. The van der Waals surface area contributed by atoms with Crippen molar-refractivity contribution in [3.05, 3.63) is 35.9 Å². The van der Waals surface area contributed by atoms with Crippen LogP contribution in [0, 0.1) is 0 Å². The Bertz CT molecular complexity index is 516. The third-order valence-corrected chi connectivity index (χ3v) is 3.06. The van der Waals surface area contributed by atoms with E-state index >= 15 is 0 Å². The molecule has 22 heavy (non-hydrogen) atoms.